The van der Waals surface area contributed by atoms with Crippen molar-refractivity contribution in [1.29, 1.82) is 0 Å². The van der Waals surface area contributed by atoms with Crippen LogP contribution in [-0.2, 0) is 6.18 Å². The lowest BCUT2D eigenvalue weighted by Crippen LogP contribution is -2.20. The van der Waals surface area contributed by atoms with Gasteiger partial charge in [0.25, 0.3) is 0 Å². The zero-order valence-corrected chi connectivity index (χ0v) is 16.1. The van der Waals surface area contributed by atoms with E-state index in [9.17, 15) is 22.4 Å². The highest BCUT2D eigenvalue weighted by Crippen LogP contribution is 2.32. The van der Waals surface area contributed by atoms with E-state index < -0.39 is 17.8 Å². The molecule has 11 heteroatoms. The van der Waals surface area contributed by atoms with Gasteiger partial charge in [-0.1, -0.05) is 24.3 Å². The molecule has 1 aromatic heterocycles. The number of rotatable bonds is 4. The van der Waals surface area contributed by atoms with E-state index in [0.717, 1.165) is 17.7 Å². The number of aromatic amines is 1. The van der Waals surface area contributed by atoms with Crippen molar-refractivity contribution in [2.45, 2.75) is 6.18 Å². The highest BCUT2D eigenvalue weighted by molar-refractivity contribution is 6.02. The number of tetrazole rings is 1. The second-order valence-electron chi connectivity index (χ2n) is 6.66. The molecule has 1 heterocycles. The number of benzene rings is 3. The van der Waals surface area contributed by atoms with Gasteiger partial charge in [0.15, 0.2) is 0 Å². The molecule has 162 valence electrons. The molecule has 0 saturated carbocycles. The zero-order chi connectivity index (χ0) is 22.7. The van der Waals surface area contributed by atoms with Gasteiger partial charge >= 0.3 is 12.2 Å². The molecule has 3 aromatic carbocycles. The van der Waals surface area contributed by atoms with Gasteiger partial charge in [0, 0.05) is 11.3 Å². The Hall–Kier alpha value is -4.28. The maximum absolute atomic E-state index is 13.2. The Labute approximate surface area is 178 Å². The highest BCUT2D eigenvalue weighted by atomic mass is 19.4. The number of urea groups is 1. The van der Waals surface area contributed by atoms with Crippen molar-refractivity contribution in [3.63, 3.8) is 0 Å². The van der Waals surface area contributed by atoms with Crippen LogP contribution in [-0.4, -0.2) is 26.7 Å². The summed E-state index contributed by atoms with van der Waals surface area (Å²) in [6, 6.07) is 14.3. The molecule has 0 atom stereocenters. The summed E-state index contributed by atoms with van der Waals surface area (Å²) in [4.78, 5) is 12.4. The summed E-state index contributed by atoms with van der Waals surface area (Å²) in [7, 11) is 0. The first-order chi connectivity index (χ1) is 15.3. The monoisotopic (exact) mass is 442 g/mol. The fraction of sp³-hybridized carbons (Fsp3) is 0.0476. The van der Waals surface area contributed by atoms with Gasteiger partial charge in [-0.3, -0.25) is 0 Å². The Morgan fingerprint density at radius 3 is 2.34 bits per heavy atom. The van der Waals surface area contributed by atoms with Crippen LogP contribution >= 0.6 is 0 Å². The maximum atomic E-state index is 13.2. The van der Waals surface area contributed by atoms with Crippen LogP contribution in [0.5, 0.6) is 0 Å². The molecule has 4 rings (SSSR count). The Kier molecular flexibility index (Phi) is 5.54. The molecule has 2 amide bonds. The van der Waals surface area contributed by atoms with Gasteiger partial charge in [0.2, 0.25) is 5.82 Å². The molecule has 0 unspecified atom stereocenters. The number of nitrogens with zero attached hydrogens (tertiary/aromatic N) is 3. The first-order valence-corrected chi connectivity index (χ1v) is 9.19. The van der Waals surface area contributed by atoms with Crippen molar-refractivity contribution in [1.82, 2.24) is 20.6 Å². The molecule has 0 fully saturated rings. The van der Waals surface area contributed by atoms with Crippen molar-refractivity contribution in [3.8, 4) is 22.5 Å². The second-order valence-corrected chi connectivity index (χ2v) is 6.66. The quantitative estimate of drug-likeness (QED) is 0.372. The molecule has 0 aliphatic heterocycles. The van der Waals surface area contributed by atoms with Gasteiger partial charge in [0.1, 0.15) is 5.82 Å². The number of H-pyrrole nitrogens is 1. The molecule has 0 radical (unpaired) electrons. The lowest BCUT2D eigenvalue weighted by atomic mass is 10.0. The van der Waals surface area contributed by atoms with E-state index >= 15 is 0 Å². The molecule has 0 bridgehead atoms. The van der Waals surface area contributed by atoms with Gasteiger partial charge in [0.05, 0.1) is 11.3 Å². The van der Waals surface area contributed by atoms with E-state index in [2.05, 4.69) is 31.3 Å². The summed E-state index contributed by atoms with van der Waals surface area (Å²) in [5.74, 6) is -0.194. The molecular formula is C21H14F4N6O. The van der Waals surface area contributed by atoms with Crippen LogP contribution in [0.25, 0.3) is 22.5 Å². The molecule has 0 aliphatic rings. The summed E-state index contributed by atoms with van der Waals surface area (Å²) in [5, 5.41) is 18.6. The topological polar surface area (TPSA) is 95.6 Å². The first kappa shape index (κ1) is 21.0. The third kappa shape index (κ3) is 4.72. The zero-order valence-electron chi connectivity index (χ0n) is 16.1. The third-order valence-corrected chi connectivity index (χ3v) is 4.48. The van der Waals surface area contributed by atoms with E-state index in [4.69, 9.17) is 0 Å². The van der Waals surface area contributed by atoms with Crippen LogP contribution in [0.15, 0.2) is 66.7 Å². The average molecular weight is 442 g/mol. The lowest BCUT2D eigenvalue weighted by molar-refractivity contribution is -0.137. The number of aromatic nitrogens is 4. The van der Waals surface area contributed by atoms with Gasteiger partial charge in [-0.05, 0) is 58.8 Å². The molecule has 0 saturated heterocycles. The predicted octanol–water partition coefficient (Wildman–Crippen LogP) is 5.34. The minimum absolute atomic E-state index is 0.0265. The summed E-state index contributed by atoms with van der Waals surface area (Å²) < 4.78 is 51.9. The van der Waals surface area contributed by atoms with E-state index in [0.29, 0.717) is 16.8 Å². The summed E-state index contributed by atoms with van der Waals surface area (Å²) in [6.07, 6.45) is -4.53. The average Bonchev–Trinajstić information content (AvgIpc) is 3.29. The van der Waals surface area contributed by atoms with E-state index in [1.54, 1.807) is 30.3 Å². The molecule has 0 spiro atoms. The minimum Gasteiger partial charge on any atom is -0.308 e. The number of carbonyl (C=O) groups is 1. The Balaban J connectivity index is 1.60. The van der Waals surface area contributed by atoms with E-state index in [-0.39, 0.29) is 17.3 Å². The number of hydrogen-bond acceptors (Lipinski definition) is 4. The minimum atomic E-state index is -4.53. The van der Waals surface area contributed by atoms with Gasteiger partial charge < -0.3 is 10.6 Å². The fourth-order valence-corrected chi connectivity index (χ4v) is 2.99. The van der Waals surface area contributed by atoms with Crippen LogP contribution in [0, 0.1) is 5.82 Å². The molecular weight excluding hydrogens is 428 g/mol. The van der Waals surface area contributed by atoms with Gasteiger partial charge in [-0.25, -0.2) is 9.18 Å². The summed E-state index contributed by atoms with van der Waals surface area (Å²) in [6.45, 7) is 0. The van der Waals surface area contributed by atoms with Crippen LogP contribution in [0.2, 0.25) is 0 Å². The van der Waals surface area contributed by atoms with Gasteiger partial charge in [-0.2, -0.15) is 18.4 Å². The third-order valence-electron chi connectivity index (χ3n) is 4.48. The SMILES string of the molecule is O=C(Nc1cccc(C(F)(F)F)c1)Nc1ccc(-c2ccc(F)cc2)cc1-c1nn[nH]n1. The first-order valence-electron chi connectivity index (χ1n) is 9.19. The van der Waals surface area contributed by atoms with Crippen molar-refractivity contribution in [2.75, 3.05) is 10.6 Å². The molecule has 3 N–H and O–H groups in total. The number of nitrogens with one attached hydrogen (secondary N) is 3. The van der Waals surface area contributed by atoms with Crippen molar-refractivity contribution in [3.05, 3.63) is 78.1 Å². The standard InChI is InChI=1S/C21H14F4N6O/c22-15-7-4-12(5-8-15)13-6-9-18(17(10-13)19-28-30-31-29-19)27-20(32)26-16-3-1-2-14(11-16)21(23,24)25/h1-11H,(H2,26,27,32)(H,28,29,30,31). The Bertz CT molecular complexity index is 1240. The number of carbonyl (C=O) groups excluding carboxylic acids is 1. The maximum Gasteiger partial charge on any atom is 0.416 e. The number of amides is 2. The Morgan fingerprint density at radius 1 is 0.906 bits per heavy atom. The fourth-order valence-electron chi connectivity index (χ4n) is 2.99. The number of halogens is 4. The van der Waals surface area contributed by atoms with Gasteiger partial charge in [-0.15, -0.1) is 10.2 Å². The van der Waals surface area contributed by atoms with Crippen molar-refractivity contribution < 1.29 is 22.4 Å². The second kappa shape index (κ2) is 8.46. The summed E-state index contributed by atoms with van der Waals surface area (Å²) in [5.41, 5.74) is 1.21. The highest BCUT2D eigenvalue weighted by Gasteiger charge is 2.30. The van der Waals surface area contributed by atoms with Crippen LogP contribution in [0.4, 0.5) is 33.7 Å². The predicted molar refractivity (Wildman–Crippen MR) is 109 cm³/mol. The van der Waals surface area contributed by atoms with Crippen LogP contribution < -0.4 is 10.6 Å². The molecule has 7 nitrogen and oxygen atoms in total. The van der Waals surface area contributed by atoms with Crippen LogP contribution in [0.3, 0.4) is 0 Å². The lowest BCUT2D eigenvalue weighted by Gasteiger charge is -2.13. The molecule has 4 aromatic rings. The largest absolute Gasteiger partial charge is 0.416 e. The number of alkyl halides is 3. The van der Waals surface area contributed by atoms with Crippen molar-refractivity contribution >= 4 is 17.4 Å². The molecule has 0 aliphatic carbocycles. The summed E-state index contributed by atoms with van der Waals surface area (Å²) >= 11 is 0. The Morgan fingerprint density at radius 2 is 1.66 bits per heavy atom. The number of anilines is 2. The van der Waals surface area contributed by atoms with E-state index in [1.165, 1.54) is 24.3 Å². The van der Waals surface area contributed by atoms with Crippen molar-refractivity contribution in [2.24, 2.45) is 0 Å². The smallest absolute Gasteiger partial charge is 0.308 e. The van der Waals surface area contributed by atoms with E-state index in [1.807, 2.05) is 0 Å². The number of hydrogen-bond donors (Lipinski definition) is 3. The molecule has 32 heavy (non-hydrogen) atoms. The van der Waals surface area contributed by atoms with Crippen LogP contribution in [0.1, 0.15) is 5.56 Å². The normalized spacial score (nSPS) is 11.2.